The van der Waals surface area contributed by atoms with Crippen LogP contribution in [0.1, 0.15) is 37.0 Å². The van der Waals surface area contributed by atoms with Crippen LogP contribution in [0.15, 0.2) is 22.5 Å². The number of guanidine groups is 1. The van der Waals surface area contributed by atoms with Gasteiger partial charge in [0.2, 0.25) is 0 Å². The van der Waals surface area contributed by atoms with Gasteiger partial charge in [0.1, 0.15) is 0 Å². The Bertz CT molecular complexity index is 662. The molecule has 5 rings (SSSR count). The van der Waals surface area contributed by atoms with Crippen molar-refractivity contribution in [1.29, 1.82) is 0 Å². The molecule has 1 N–H and O–H groups in total. The fourth-order valence-electron chi connectivity index (χ4n) is 6.08. The first-order valence-electron chi connectivity index (χ1n) is 10.6. The van der Waals surface area contributed by atoms with Gasteiger partial charge in [-0.1, -0.05) is 18.9 Å². The molecule has 148 valence electrons. The molecule has 27 heavy (non-hydrogen) atoms. The van der Waals surface area contributed by atoms with Gasteiger partial charge in [-0.05, 0) is 30.7 Å². The van der Waals surface area contributed by atoms with Gasteiger partial charge in [0.15, 0.2) is 5.96 Å². The predicted octanol–water partition coefficient (Wildman–Crippen LogP) is 2.79. The minimum absolute atomic E-state index is 0.387. The largest absolute Gasteiger partial charge is 0.377 e. The van der Waals surface area contributed by atoms with Crippen molar-refractivity contribution in [2.75, 3.05) is 39.8 Å². The van der Waals surface area contributed by atoms with Crippen molar-refractivity contribution in [2.24, 2.45) is 16.3 Å². The van der Waals surface area contributed by atoms with Gasteiger partial charge < -0.3 is 15.0 Å². The molecule has 0 bridgehead atoms. The first kappa shape index (κ1) is 18.0. The summed E-state index contributed by atoms with van der Waals surface area (Å²) in [5, 5.41) is 6.09. The van der Waals surface area contributed by atoms with Crippen molar-refractivity contribution in [2.45, 2.75) is 50.8 Å². The fourth-order valence-corrected chi connectivity index (χ4v) is 6.83. The minimum atomic E-state index is 0.387. The second-order valence-electron chi connectivity index (χ2n) is 8.70. The lowest BCUT2D eigenvalue weighted by molar-refractivity contribution is -0.125. The van der Waals surface area contributed by atoms with Crippen LogP contribution >= 0.6 is 11.3 Å². The Morgan fingerprint density at radius 1 is 1.30 bits per heavy atom. The molecule has 1 spiro atoms. The first-order chi connectivity index (χ1) is 13.3. The van der Waals surface area contributed by atoms with Crippen LogP contribution in [0.2, 0.25) is 0 Å². The predicted molar refractivity (Wildman–Crippen MR) is 110 cm³/mol. The lowest BCUT2D eigenvalue weighted by atomic mass is 9.54. The molecule has 2 saturated heterocycles. The third-order valence-electron chi connectivity index (χ3n) is 7.41. The summed E-state index contributed by atoms with van der Waals surface area (Å²) in [6, 6.07) is 4.96. The highest BCUT2D eigenvalue weighted by Crippen LogP contribution is 2.60. The number of rotatable bonds is 3. The molecule has 3 unspecified atom stereocenters. The SMILES string of the molecule is CN=C(NC1C2CCOC2C12CCCC2)N1CCN(Cc2cccs2)CC1. The lowest BCUT2D eigenvalue weighted by Crippen LogP contribution is -2.70. The van der Waals surface area contributed by atoms with Gasteiger partial charge in [-0.15, -0.1) is 11.3 Å². The molecule has 3 atom stereocenters. The minimum Gasteiger partial charge on any atom is -0.377 e. The summed E-state index contributed by atoms with van der Waals surface area (Å²) in [5.74, 6) is 1.81. The quantitative estimate of drug-likeness (QED) is 0.639. The third-order valence-corrected chi connectivity index (χ3v) is 8.28. The van der Waals surface area contributed by atoms with Crippen molar-refractivity contribution in [3.8, 4) is 0 Å². The van der Waals surface area contributed by atoms with Crippen molar-refractivity contribution < 1.29 is 4.74 Å². The zero-order chi connectivity index (χ0) is 18.3. The molecular weight excluding hydrogens is 356 g/mol. The second kappa shape index (κ2) is 7.37. The highest BCUT2D eigenvalue weighted by molar-refractivity contribution is 7.09. The van der Waals surface area contributed by atoms with Crippen LogP contribution in [-0.4, -0.2) is 67.7 Å². The van der Waals surface area contributed by atoms with E-state index >= 15 is 0 Å². The molecule has 2 saturated carbocycles. The molecule has 5 nitrogen and oxygen atoms in total. The summed E-state index contributed by atoms with van der Waals surface area (Å²) in [6.45, 7) is 6.40. The highest BCUT2D eigenvalue weighted by Gasteiger charge is 2.65. The van der Waals surface area contributed by atoms with Crippen molar-refractivity contribution >= 4 is 17.3 Å². The third kappa shape index (κ3) is 3.10. The van der Waals surface area contributed by atoms with E-state index in [1.54, 1.807) is 0 Å². The Hall–Kier alpha value is -1.11. The number of piperazine rings is 1. The van der Waals surface area contributed by atoms with Gasteiger partial charge >= 0.3 is 0 Å². The molecule has 3 heterocycles. The van der Waals surface area contributed by atoms with E-state index in [2.05, 4.69) is 37.6 Å². The van der Waals surface area contributed by atoms with E-state index in [1.807, 2.05) is 18.4 Å². The Morgan fingerprint density at radius 3 is 2.81 bits per heavy atom. The van der Waals surface area contributed by atoms with Crippen LogP contribution < -0.4 is 5.32 Å². The van der Waals surface area contributed by atoms with Crippen molar-refractivity contribution in [3.63, 3.8) is 0 Å². The molecule has 1 aromatic heterocycles. The van der Waals surface area contributed by atoms with Crippen LogP contribution in [0.3, 0.4) is 0 Å². The second-order valence-corrected chi connectivity index (χ2v) is 9.73. The molecule has 6 heteroatoms. The summed E-state index contributed by atoms with van der Waals surface area (Å²) in [4.78, 5) is 11.2. The number of hydrogen-bond acceptors (Lipinski definition) is 4. The number of nitrogens with one attached hydrogen (secondary N) is 1. The first-order valence-corrected chi connectivity index (χ1v) is 11.5. The van der Waals surface area contributed by atoms with Gasteiger partial charge in [0.25, 0.3) is 0 Å². The zero-order valence-corrected chi connectivity index (χ0v) is 17.2. The standard InChI is InChI=1S/C21H32N4OS/c1-22-20(25-11-9-24(10-12-25)15-16-5-4-14-27-16)23-18-17-6-13-26-19(17)21(18)7-2-3-8-21/h4-5,14,17-19H,2-3,6-13,15H2,1H3,(H,22,23). The maximum atomic E-state index is 6.15. The van der Waals surface area contributed by atoms with Gasteiger partial charge in [-0.2, -0.15) is 0 Å². The number of hydrogen-bond donors (Lipinski definition) is 1. The number of nitrogens with zero attached hydrogens (tertiary/aromatic N) is 3. The Morgan fingerprint density at radius 2 is 2.11 bits per heavy atom. The summed E-state index contributed by atoms with van der Waals surface area (Å²) in [6.07, 6.45) is 7.12. The maximum Gasteiger partial charge on any atom is 0.193 e. The van der Waals surface area contributed by atoms with Gasteiger partial charge in [-0.25, -0.2) is 0 Å². The van der Waals surface area contributed by atoms with Gasteiger partial charge in [0, 0.05) is 68.6 Å². The van der Waals surface area contributed by atoms with Crippen LogP contribution in [-0.2, 0) is 11.3 Å². The molecular formula is C21H32N4OS. The van der Waals surface area contributed by atoms with Crippen LogP contribution in [0.25, 0.3) is 0 Å². The number of aliphatic imine (C=N–C) groups is 1. The molecule has 1 aromatic rings. The van der Waals surface area contributed by atoms with Crippen molar-refractivity contribution in [1.82, 2.24) is 15.1 Å². The normalized spacial score (nSPS) is 33.3. The van der Waals surface area contributed by atoms with Crippen LogP contribution in [0.5, 0.6) is 0 Å². The lowest BCUT2D eigenvalue weighted by Gasteiger charge is -2.57. The number of thiophene rings is 1. The summed E-state index contributed by atoms with van der Waals surface area (Å²) < 4.78 is 6.15. The van der Waals surface area contributed by atoms with Gasteiger partial charge in [0.05, 0.1) is 6.10 Å². The molecule has 0 aromatic carbocycles. The topological polar surface area (TPSA) is 40.1 Å². The number of ether oxygens (including phenoxy) is 1. The van der Waals surface area contributed by atoms with Crippen LogP contribution in [0.4, 0.5) is 0 Å². The molecule has 4 aliphatic rings. The highest BCUT2D eigenvalue weighted by atomic mass is 32.1. The Kier molecular flexibility index (Phi) is 4.90. The average molecular weight is 389 g/mol. The van der Waals surface area contributed by atoms with Crippen molar-refractivity contribution in [3.05, 3.63) is 22.4 Å². The van der Waals surface area contributed by atoms with E-state index < -0.39 is 0 Å². The zero-order valence-electron chi connectivity index (χ0n) is 16.4. The smallest absolute Gasteiger partial charge is 0.193 e. The molecule has 2 aliphatic heterocycles. The number of fused-ring (bicyclic) bond motifs is 2. The fraction of sp³-hybridized carbons (Fsp3) is 0.762. The molecule has 0 amide bonds. The van der Waals surface area contributed by atoms with E-state index in [9.17, 15) is 0 Å². The van der Waals surface area contributed by atoms with Crippen LogP contribution in [0, 0.1) is 11.3 Å². The van der Waals surface area contributed by atoms with E-state index in [1.165, 1.54) is 37.0 Å². The molecule has 0 radical (unpaired) electrons. The summed E-state index contributed by atoms with van der Waals surface area (Å²) in [7, 11) is 1.95. The Labute approximate surface area is 166 Å². The molecule has 4 fully saturated rings. The van der Waals surface area contributed by atoms with E-state index in [0.717, 1.165) is 45.3 Å². The maximum absolute atomic E-state index is 6.15. The monoisotopic (exact) mass is 388 g/mol. The van der Waals surface area contributed by atoms with E-state index in [-0.39, 0.29) is 0 Å². The van der Waals surface area contributed by atoms with E-state index in [0.29, 0.717) is 23.5 Å². The average Bonchev–Trinajstić information content (AvgIpc) is 3.44. The summed E-state index contributed by atoms with van der Waals surface area (Å²) >= 11 is 1.86. The van der Waals surface area contributed by atoms with Gasteiger partial charge in [-0.3, -0.25) is 9.89 Å². The Balaban J connectivity index is 1.20. The van der Waals surface area contributed by atoms with E-state index in [4.69, 9.17) is 4.74 Å². The molecule has 2 aliphatic carbocycles. The summed E-state index contributed by atoms with van der Waals surface area (Å²) in [5.41, 5.74) is 0.387.